The predicted molar refractivity (Wildman–Crippen MR) is 63.5 cm³/mol. The predicted octanol–water partition coefficient (Wildman–Crippen LogP) is 1.88. The Labute approximate surface area is 102 Å². The minimum atomic E-state index is -0.792. The Hall–Kier alpha value is -1.39. The molecule has 0 aliphatic heterocycles. The molecule has 0 aliphatic rings. The van der Waals surface area contributed by atoms with Gasteiger partial charge in [-0.1, -0.05) is 20.3 Å². The molecule has 0 bridgehead atoms. The van der Waals surface area contributed by atoms with Crippen LogP contribution in [0.3, 0.4) is 0 Å². The maximum Gasteiger partial charge on any atom is 0.374 e. The summed E-state index contributed by atoms with van der Waals surface area (Å²) >= 11 is 0. The first-order valence-electron chi connectivity index (χ1n) is 5.74. The molecule has 0 amide bonds. The van der Waals surface area contributed by atoms with E-state index in [9.17, 15) is 14.4 Å². The second kappa shape index (κ2) is 12.7. The van der Waals surface area contributed by atoms with Crippen molar-refractivity contribution in [1.29, 1.82) is 0 Å². The minimum Gasteiger partial charge on any atom is -0.466 e. The highest BCUT2D eigenvalue weighted by Crippen LogP contribution is 1.93. The van der Waals surface area contributed by atoms with Crippen LogP contribution in [0.15, 0.2) is 0 Å². The van der Waals surface area contributed by atoms with Gasteiger partial charge in [-0.2, -0.15) is 0 Å². The van der Waals surface area contributed by atoms with Gasteiger partial charge < -0.3 is 9.47 Å². The molecule has 0 N–H and O–H groups in total. The van der Waals surface area contributed by atoms with Crippen molar-refractivity contribution in [2.24, 2.45) is 0 Å². The highest BCUT2D eigenvalue weighted by Gasteiger charge is 2.03. The van der Waals surface area contributed by atoms with Crippen LogP contribution in [0.1, 0.15) is 46.5 Å². The van der Waals surface area contributed by atoms with Crippen LogP contribution in [0, 0.1) is 0 Å². The van der Waals surface area contributed by atoms with Gasteiger partial charge in [-0.3, -0.25) is 9.59 Å². The maximum absolute atomic E-state index is 10.7. The number of carbonyl (C=O) groups excluding carboxylic acids is 3. The first-order chi connectivity index (χ1) is 7.99. The van der Waals surface area contributed by atoms with E-state index in [1.54, 1.807) is 0 Å². The van der Waals surface area contributed by atoms with Crippen LogP contribution in [-0.2, 0) is 23.9 Å². The number of carbonyl (C=O) groups is 3. The Morgan fingerprint density at radius 1 is 1.06 bits per heavy atom. The fraction of sp³-hybridized carbons (Fsp3) is 0.750. The number of ether oxygens (including phenoxy) is 2. The lowest BCUT2D eigenvalue weighted by Crippen LogP contribution is -2.10. The quantitative estimate of drug-likeness (QED) is 0.406. The molecular formula is C12H22O5. The van der Waals surface area contributed by atoms with Gasteiger partial charge in [0.25, 0.3) is 0 Å². The summed E-state index contributed by atoms with van der Waals surface area (Å²) in [5.41, 5.74) is 0. The monoisotopic (exact) mass is 246 g/mol. The number of rotatable bonds is 6. The second-order valence-corrected chi connectivity index (χ2v) is 3.37. The molecule has 17 heavy (non-hydrogen) atoms. The van der Waals surface area contributed by atoms with Gasteiger partial charge >= 0.3 is 11.9 Å². The fourth-order valence-electron chi connectivity index (χ4n) is 0.750. The third-order valence-corrected chi connectivity index (χ3v) is 1.69. The Balaban J connectivity index is 0. The molecule has 0 spiro atoms. The molecule has 0 aromatic carbocycles. The van der Waals surface area contributed by atoms with Gasteiger partial charge in [0.1, 0.15) is 0 Å². The number of hydrogen-bond donors (Lipinski definition) is 0. The molecule has 0 heterocycles. The molecule has 0 radical (unpaired) electrons. The summed E-state index contributed by atoms with van der Waals surface area (Å²) in [6.07, 6.45) is 3.50. The first kappa shape index (κ1) is 18.0. The lowest BCUT2D eigenvalue weighted by Gasteiger charge is -2.00. The van der Waals surface area contributed by atoms with Crippen molar-refractivity contribution < 1.29 is 23.9 Å². The lowest BCUT2D eigenvalue weighted by atomic mass is 10.3. The molecule has 0 aliphatic carbocycles. The topological polar surface area (TPSA) is 69.7 Å². The van der Waals surface area contributed by atoms with Gasteiger partial charge in [-0.05, 0) is 12.8 Å². The van der Waals surface area contributed by atoms with Gasteiger partial charge in [0.15, 0.2) is 0 Å². The largest absolute Gasteiger partial charge is 0.466 e. The van der Waals surface area contributed by atoms with Crippen molar-refractivity contribution in [3.63, 3.8) is 0 Å². The van der Waals surface area contributed by atoms with E-state index in [4.69, 9.17) is 4.74 Å². The summed E-state index contributed by atoms with van der Waals surface area (Å²) in [7, 11) is 1.17. The van der Waals surface area contributed by atoms with Crippen molar-refractivity contribution in [1.82, 2.24) is 0 Å². The van der Waals surface area contributed by atoms with Gasteiger partial charge in [0.05, 0.1) is 13.7 Å². The van der Waals surface area contributed by atoms with E-state index in [0.29, 0.717) is 13.0 Å². The number of methoxy groups -OCH3 is 1. The van der Waals surface area contributed by atoms with E-state index in [1.165, 1.54) is 7.11 Å². The zero-order valence-electron chi connectivity index (χ0n) is 11.1. The third-order valence-electron chi connectivity index (χ3n) is 1.69. The van der Waals surface area contributed by atoms with Crippen molar-refractivity contribution >= 4 is 17.7 Å². The van der Waals surface area contributed by atoms with E-state index >= 15 is 0 Å². The average molecular weight is 246 g/mol. The van der Waals surface area contributed by atoms with Gasteiger partial charge in [-0.25, -0.2) is 4.79 Å². The zero-order chi connectivity index (χ0) is 13.7. The zero-order valence-corrected chi connectivity index (χ0v) is 11.1. The second-order valence-electron chi connectivity index (χ2n) is 3.37. The molecule has 100 valence electrons. The smallest absolute Gasteiger partial charge is 0.374 e. The molecule has 0 fully saturated rings. The van der Waals surface area contributed by atoms with Crippen molar-refractivity contribution in [3.8, 4) is 0 Å². The summed E-state index contributed by atoms with van der Waals surface area (Å²) in [4.78, 5) is 30.5. The van der Waals surface area contributed by atoms with Crippen LogP contribution in [0.5, 0.6) is 0 Å². The van der Waals surface area contributed by atoms with Crippen LogP contribution < -0.4 is 0 Å². The summed E-state index contributed by atoms with van der Waals surface area (Å²) in [6.45, 7) is 5.80. The molecule has 0 saturated carbocycles. The number of unbranched alkanes of at least 4 members (excludes halogenated alkanes) is 1. The molecule has 0 unspecified atom stereocenters. The normalized spacial score (nSPS) is 8.71. The fourth-order valence-corrected chi connectivity index (χ4v) is 0.750. The van der Waals surface area contributed by atoms with Crippen LogP contribution in [0.25, 0.3) is 0 Å². The molecule has 0 saturated heterocycles. The third kappa shape index (κ3) is 14.6. The van der Waals surface area contributed by atoms with Gasteiger partial charge in [0.2, 0.25) is 5.78 Å². The van der Waals surface area contributed by atoms with Crippen molar-refractivity contribution in [3.05, 3.63) is 0 Å². The standard InChI is InChI=1S/C8H16O2.C4H6O3/c1-3-5-7-10-8(9)6-4-2;1-3(5)4(6)7-2/h3-7H2,1-2H3;1-2H3. The van der Waals surface area contributed by atoms with Crippen LogP contribution in [-0.4, -0.2) is 31.4 Å². The Morgan fingerprint density at radius 2 is 1.65 bits per heavy atom. The lowest BCUT2D eigenvalue weighted by molar-refractivity contribution is -0.150. The number of Topliss-reactive ketones (excluding diaryl/α,β-unsaturated/α-hetero) is 1. The highest BCUT2D eigenvalue weighted by molar-refractivity contribution is 6.32. The molecule has 5 heteroatoms. The summed E-state index contributed by atoms with van der Waals surface area (Å²) in [5.74, 6) is -1.42. The van der Waals surface area contributed by atoms with Crippen molar-refractivity contribution in [2.75, 3.05) is 13.7 Å². The first-order valence-corrected chi connectivity index (χ1v) is 5.74. The summed E-state index contributed by atoms with van der Waals surface area (Å²) in [5, 5.41) is 0. The molecule has 0 aromatic rings. The van der Waals surface area contributed by atoms with E-state index in [0.717, 1.165) is 26.2 Å². The van der Waals surface area contributed by atoms with Crippen LogP contribution >= 0.6 is 0 Å². The summed E-state index contributed by atoms with van der Waals surface area (Å²) in [6, 6.07) is 0. The van der Waals surface area contributed by atoms with E-state index < -0.39 is 11.8 Å². The highest BCUT2D eigenvalue weighted by atomic mass is 16.5. The van der Waals surface area contributed by atoms with Crippen LogP contribution in [0.4, 0.5) is 0 Å². The van der Waals surface area contributed by atoms with Gasteiger partial charge in [-0.15, -0.1) is 0 Å². The number of ketones is 1. The Morgan fingerprint density at radius 3 is 1.94 bits per heavy atom. The Kier molecular flexibility index (Phi) is 13.4. The SMILES string of the molecule is CCCCOC(=O)CCC.COC(=O)C(C)=O. The number of esters is 2. The Bertz CT molecular complexity index is 235. The molecule has 5 nitrogen and oxygen atoms in total. The summed E-state index contributed by atoms with van der Waals surface area (Å²) < 4.78 is 8.91. The van der Waals surface area contributed by atoms with E-state index in [2.05, 4.69) is 11.7 Å². The average Bonchev–Trinajstić information content (AvgIpc) is 2.29. The van der Waals surface area contributed by atoms with E-state index in [1.807, 2.05) is 6.92 Å². The van der Waals surface area contributed by atoms with Crippen molar-refractivity contribution in [2.45, 2.75) is 46.5 Å². The van der Waals surface area contributed by atoms with Gasteiger partial charge in [0, 0.05) is 13.3 Å². The molecular weight excluding hydrogens is 224 g/mol. The molecule has 0 rings (SSSR count). The molecule has 0 atom stereocenters. The molecule has 0 aromatic heterocycles. The minimum absolute atomic E-state index is 0.0593. The van der Waals surface area contributed by atoms with E-state index in [-0.39, 0.29) is 5.97 Å². The van der Waals surface area contributed by atoms with Crippen LogP contribution in [0.2, 0.25) is 0 Å². The number of hydrogen-bond acceptors (Lipinski definition) is 5. The maximum atomic E-state index is 10.7.